The quantitative estimate of drug-likeness (QED) is 0.0729. The number of aromatic nitrogens is 2. The third kappa shape index (κ3) is 15.8. The standard InChI is InChI=1S/C42H57FN4O6.Na/c1-53-26-25-44-41(51)39-35(17-15-13-11-9-7-5-3-2-4-6-8-10-12-14-16-18-38(49)50)40-36(47(42(39)52)30-37(48)46-34-23-24-34)28-32(29-45-40)27-31-19-21-33(43)22-20-31;/h2,4,19-22,28-29,34H,3,5-18,23-27,30H2,1H3,(H,44,51)(H,46,48)(H,49,50);/q;+1/p-1/b4-2-;. The summed E-state index contributed by atoms with van der Waals surface area (Å²) in [6.45, 7) is 0.307. The summed E-state index contributed by atoms with van der Waals surface area (Å²) in [5.41, 5.74) is 2.83. The van der Waals surface area contributed by atoms with Gasteiger partial charge in [0.05, 0.1) is 17.6 Å². The van der Waals surface area contributed by atoms with E-state index in [0.29, 0.717) is 42.5 Å². The van der Waals surface area contributed by atoms with E-state index in [1.165, 1.54) is 16.7 Å². The van der Waals surface area contributed by atoms with E-state index < -0.39 is 17.4 Å². The second-order valence-corrected chi connectivity index (χ2v) is 14.2. The number of carbonyl (C=O) groups is 3. The molecule has 288 valence electrons. The van der Waals surface area contributed by atoms with Gasteiger partial charge in [0.2, 0.25) is 5.91 Å². The summed E-state index contributed by atoms with van der Waals surface area (Å²) in [5.74, 6) is -2.07. The van der Waals surface area contributed by atoms with Crippen molar-refractivity contribution in [2.24, 2.45) is 0 Å². The van der Waals surface area contributed by atoms with Gasteiger partial charge in [-0.3, -0.25) is 23.9 Å². The van der Waals surface area contributed by atoms with Crippen molar-refractivity contribution in [2.75, 3.05) is 20.3 Å². The molecule has 4 rings (SSSR count). The van der Waals surface area contributed by atoms with Gasteiger partial charge in [-0.25, -0.2) is 4.39 Å². The molecule has 2 aromatic heterocycles. The maximum Gasteiger partial charge on any atom is 1.00 e. The first kappa shape index (κ1) is 45.0. The summed E-state index contributed by atoms with van der Waals surface area (Å²) in [4.78, 5) is 56.1. The SMILES string of the molecule is COCCNC(=O)c1c(CCCCCCCC/C=C\CCCCCCCC(=O)[O-])c2ncc(Cc3ccc(F)cc3)cc2n(CC(=O)NC2CC2)c1=O.[Na+]. The van der Waals surface area contributed by atoms with E-state index in [1.54, 1.807) is 25.4 Å². The first-order valence-corrected chi connectivity index (χ1v) is 19.5. The molecule has 1 aliphatic carbocycles. The average molecular weight is 755 g/mol. The number of benzene rings is 1. The monoisotopic (exact) mass is 754 g/mol. The fourth-order valence-corrected chi connectivity index (χ4v) is 6.56. The number of nitrogens with one attached hydrogen (secondary N) is 2. The van der Waals surface area contributed by atoms with Crippen molar-refractivity contribution in [3.63, 3.8) is 0 Å². The molecule has 2 heterocycles. The maximum atomic E-state index is 14.2. The van der Waals surface area contributed by atoms with Crippen LogP contribution in [0.5, 0.6) is 0 Å². The molecule has 1 saturated carbocycles. The molecule has 0 saturated heterocycles. The molecule has 2 amide bonds. The largest absolute Gasteiger partial charge is 1.00 e. The predicted octanol–water partition coefficient (Wildman–Crippen LogP) is 3.10. The Balaban J connectivity index is 0.00000784. The van der Waals surface area contributed by atoms with Crippen LogP contribution in [0.4, 0.5) is 4.39 Å². The fourth-order valence-electron chi connectivity index (χ4n) is 6.56. The van der Waals surface area contributed by atoms with Crippen molar-refractivity contribution in [2.45, 2.75) is 128 Å². The Morgan fingerprint density at radius 1 is 0.926 bits per heavy atom. The van der Waals surface area contributed by atoms with Crippen LogP contribution in [0.3, 0.4) is 0 Å². The van der Waals surface area contributed by atoms with E-state index in [9.17, 15) is 28.7 Å². The zero-order chi connectivity index (χ0) is 37.8. The number of amides is 2. The molecule has 2 N–H and O–H groups in total. The minimum absolute atomic E-state index is 0. The summed E-state index contributed by atoms with van der Waals surface area (Å²) in [6, 6.07) is 8.22. The normalized spacial score (nSPS) is 12.6. The number of hydrogen-bond acceptors (Lipinski definition) is 7. The van der Waals surface area contributed by atoms with Crippen LogP contribution in [0.15, 0.2) is 53.5 Å². The smallest absolute Gasteiger partial charge is 0.550 e. The van der Waals surface area contributed by atoms with Crippen molar-refractivity contribution in [3.8, 4) is 0 Å². The minimum Gasteiger partial charge on any atom is -0.550 e. The van der Waals surface area contributed by atoms with Crippen LogP contribution in [0, 0.1) is 5.82 Å². The molecule has 1 fully saturated rings. The fraction of sp³-hybridized carbons (Fsp3) is 0.548. The molecule has 1 aromatic carbocycles. The number of unbranched alkanes of at least 4 members (excludes halogenated alkanes) is 11. The second-order valence-electron chi connectivity index (χ2n) is 14.2. The molecule has 0 bridgehead atoms. The molecular formula is C42H56FN4NaO6. The number of carboxylic acids is 1. The molecule has 0 spiro atoms. The van der Waals surface area contributed by atoms with Gasteiger partial charge in [-0.1, -0.05) is 69.2 Å². The van der Waals surface area contributed by atoms with Gasteiger partial charge >= 0.3 is 29.6 Å². The van der Waals surface area contributed by atoms with Crippen LogP contribution >= 0.6 is 0 Å². The number of rotatable bonds is 26. The third-order valence-electron chi connectivity index (χ3n) is 9.61. The van der Waals surface area contributed by atoms with Gasteiger partial charge in [-0.05, 0) is 106 Å². The van der Waals surface area contributed by atoms with E-state index in [0.717, 1.165) is 101 Å². The van der Waals surface area contributed by atoms with Crippen molar-refractivity contribution in [1.29, 1.82) is 0 Å². The zero-order valence-electron chi connectivity index (χ0n) is 32.3. The second kappa shape index (κ2) is 24.9. The number of carbonyl (C=O) groups excluding carboxylic acids is 3. The molecule has 0 atom stereocenters. The van der Waals surface area contributed by atoms with E-state index in [2.05, 4.69) is 22.8 Å². The van der Waals surface area contributed by atoms with Gasteiger partial charge < -0.3 is 25.3 Å². The van der Waals surface area contributed by atoms with Crippen LogP contribution in [-0.2, 0) is 33.7 Å². The van der Waals surface area contributed by atoms with Crippen LogP contribution < -0.4 is 50.9 Å². The van der Waals surface area contributed by atoms with Gasteiger partial charge in [0.25, 0.3) is 11.5 Å². The molecule has 0 unspecified atom stereocenters. The summed E-state index contributed by atoms with van der Waals surface area (Å²) in [7, 11) is 1.54. The van der Waals surface area contributed by atoms with E-state index in [1.807, 2.05) is 6.07 Å². The maximum absolute atomic E-state index is 14.2. The zero-order valence-corrected chi connectivity index (χ0v) is 34.3. The van der Waals surface area contributed by atoms with Crippen LogP contribution in [0.25, 0.3) is 11.0 Å². The topological polar surface area (TPSA) is 142 Å². The molecule has 1 aliphatic rings. The number of aryl methyl sites for hydroxylation is 1. The Bertz CT molecular complexity index is 1720. The molecule has 0 radical (unpaired) electrons. The van der Waals surface area contributed by atoms with Crippen LogP contribution in [-0.4, -0.2) is 53.6 Å². The molecule has 54 heavy (non-hydrogen) atoms. The number of halogens is 1. The predicted molar refractivity (Wildman–Crippen MR) is 203 cm³/mol. The molecular weight excluding hydrogens is 698 g/mol. The summed E-state index contributed by atoms with van der Waals surface area (Å²) < 4.78 is 20.1. The van der Waals surface area contributed by atoms with Crippen molar-refractivity contribution in [3.05, 3.63) is 87.1 Å². The van der Waals surface area contributed by atoms with Gasteiger partial charge in [0.15, 0.2) is 0 Å². The van der Waals surface area contributed by atoms with Gasteiger partial charge in [-0.15, -0.1) is 0 Å². The Morgan fingerprint density at radius 2 is 1.56 bits per heavy atom. The number of methoxy groups -OCH3 is 1. The first-order chi connectivity index (χ1) is 25.8. The van der Waals surface area contributed by atoms with Gasteiger partial charge in [0.1, 0.15) is 17.9 Å². The van der Waals surface area contributed by atoms with Crippen molar-refractivity contribution < 1.29 is 58.2 Å². The number of fused-ring (bicyclic) bond motifs is 1. The number of carboxylic acid groups (broad SMARTS) is 1. The van der Waals surface area contributed by atoms with E-state index in [4.69, 9.17) is 9.72 Å². The molecule has 12 heteroatoms. The van der Waals surface area contributed by atoms with Gasteiger partial charge in [0, 0.05) is 31.9 Å². The van der Waals surface area contributed by atoms with Crippen LogP contribution in [0.2, 0.25) is 0 Å². The summed E-state index contributed by atoms with van der Waals surface area (Å²) in [5, 5.41) is 16.2. The first-order valence-electron chi connectivity index (χ1n) is 19.5. The van der Waals surface area contributed by atoms with E-state index in [-0.39, 0.29) is 72.4 Å². The molecule has 10 nitrogen and oxygen atoms in total. The number of ether oxygens (including phenoxy) is 1. The number of nitrogens with zero attached hydrogens (tertiary/aromatic N) is 2. The summed E-state index contributed by atoms with van der Waals surface area (Å²) >= 11 is 0. The molecule has 0 aliphatic heterocycles. The Hall–Kier alpha value is -3.38. The third-order valence-corrected chi connectivity index (χ3v) is 9.61. The Morgan fingerprint density at radius 3 is 2.19 bits per heavy atom. The summed E-state index contributed by atoms with van der Waals surface area (Å²) in [6.07, 6.45) is 22.4. The number of allylic oxidation sites excluding steroid dienone is 2. The Labute approximate surface area is 341 Å². The van der Waals surface area contributed by atoms with Crippen molar-refractivity contribution >= 4 is 28.8 Å². The number of aliphatic carboxylic acids is 1. The number of pyridine rings is 2. The van der Waals surface area contributed by atoms with Gasteiger partial charge in [-0.2, -0.15) is 0 Å². The average Bonchev–Trinajstić information content (AvgIpc) is 3.95. The van der Waals surface area contributed by atoms with Crippen molar-refractivity contribution in [1.82, 2.24) is 20.2 Å². The number of hydrogen-bond donors (Lipinski definition) is 2. The van der Waals surface area contributed by atoms with E-state index >= 15 is 0 Å². The van der Waals surface area contributed by atoms with Crippen LogP contribution in [0.1, 0.15) is 130 Å². The minimum atomic E-state index is -0.962. The Kier molecular flexibility index (Phi) is 20.8. The molecule has 3 aromatic rings.